The number of hydrogen-bond acceptors (Lipinski definition) is 4. The largest absolute Gasteiger partial charge is 0.435 e. The van der Waals surface area contributed by atoms with E-state index in [9.17, 15) is 17.6 Å². The molecule has 0 bridgehead atoms. The van der Waals surface area contributed by atoms with Gasteiger partial charge in [0.1, 0.15) is 5.82 Å². The fourth-order valence-electron chi connectivity index (χ4n) is 2.57. The van der Waals surface area contributed by atoms with Crippen molar-refractivity contribution in [2.24, 2.45) is 7.05 Å². The molecule has 6 nitrogen and oxygen atoms in total. The molecule has 0 saturated heterocycles. The molecule has 26 heavy (non-hydrogen) atoms. The average molecular weight is 362 g/mol. The van der Waals surface area contributed by atoms with Gasteiger partial charge in [0.15, 0.2) is 5.69 Å². The van der Waals surface area contributed by atoms with Gasteiger partial charge in [0, 0.05) is 29.9 Å². The summed E-state index contributed by atoms with van der Waals surface area (Å²) >= 11 is 0. The highest BCUT2D eigenvalue weighted by molar-refractivity contribution is 5.72. The summed E-state index contributed by atoms with van der Waals surface area (Å²) in [5.74, 6) is -0.636. The maximum absolute atomic E-state index is 14.2. The molecule has 4 rings (SSSR count). The summed E-state index contributed by atoms with van der Waals surface area (Å²) in [6.45, 7) is 0. The lowest BCUT2D eigenvalue weighted by Gasteiger charge is -2.07. The maximum atomic E-state index is 14.2. The Morgan fingerprint density at radius 2 is 1.81 bits per heavy atom. The van der Waals surface area contributed by atoms with Gasteiger partial charge in [0.2, 0.25) is 0 Å². The maximum Gasteiger partial charge on any atom is 0.435 e. The average Bonchev–Trinajstić information content (AvgIpc) is 3.20. The van der Waals surface area contributed by atoms with Crippen molar-refractivity contribution >= 4 is 5.78 Å². The Morgan fingerprint density at radius 1 is 1.00 bits per heavy atom. The summed E-state index contributed by atoms with van der Waals surface area (Å²) in [6.07, 6.45) is 0.544. The topological polar surface area (TPSA) is 60.9 Å². The minimum absolute atomic E-state index is 0.193. The lowest BCUT2D eigenvalue weighted by molar-refractivity contribution is -0.141. The van der Waals surface area contributed by atoms with Crippen molar-refractivity contribution in [3.05, 3.63) is 54.5 Å². The first kappa shape index (κ1) is 16.2. The van der Waals surface area contributed by atoms with Crippen LogP contribution in [-0.4, -0.2) is 29.4 Å². The minimum Gasteiger partial charge on any atom is -0.275 e. The Labute approximate surface area is 143 Å². The van der Waals surface area contributed by atoms with Gasteiger partial charge in [-0.05, 0) is 18.2 Å². The third-order valence-electron chi connectivity index (χ3n) is 3.80. The first-order chi connectivity index (χ1) is 12.3. The summed E-state index contributed by atoms with van der Waals surface area (Å²) in [4.78, 5) is 7.35. The molecule has 0 aliphatic heterocycles. The summed E-state index contributed by atoms with van der Waals surface area (Å²) in [5, 5.41) is 7.79. The quantitative estimate of drug-likeness (QED) is 0.513. The Bertz CT molecular complexity index is 1110. The van der Waals surface area contributed by atoms with Crippen LogP contribution in [0.3, 0.4) is 0 Å². The van der Waals surface area contributed by atoms with Crippen LogP contribution in [0.15, 0.2) is 43.0 Å². The van der Waals surface area contributed by atoms with Crippen molar-refractivity contribution in [2.45, 2.75) is 6.18 Å². The number of hydrogen-bond donors (Lipinski definition) is 0. The third-order valence-corrected chi connectivity index (χ3v) is 3.80. The Hall–Kier alpha value is -3.30. The summed E-state index contributed by atoms with van der Waals surface area (Å²) < 4.78 is 55.1. The second-order valence-corrected chi connectivity index (χ2v) is 5.59. The molecular weight excluding hydrogens is 352 g/mol. The van der Waals surface area contributed by atoms with Gasteiger partial charge in [0.25, 0.3) is 5.78 Å². The summed E-state index contributed by atoms with van der Waals surface area (Å²) in [7, 11) is 1.71. The summed E-state index contributed by atoms with van der Waals surface area (Å²) in [5.41, 5.74) is 0.687. The highest BCUT2D eigenvalue weighted by Crippen LogP contribution is 2.30. The van der Waals surface area contributed by atoms with E-state index in [-0.39, 0.29) is 5.78 Å². The number of rotatable bonds is 2. The molecule has 0 aliphatic rings. The van der Waals surface area contributed by atoms with Crippen LogP contribution in [0.5, 0.6) is 0 Å². The first-order valence-electron chi connectivity index (χ1n) is 7.40. The second kappa shape index (κ2) is 5.61. The van der Waals surface area contributed by atoms with Crippen LogP contribution < -0.4 is 0 Å². The molecule has 10 heteroatoms. The third kappa shape index (κ3) is 2.68. The van der Waals surface area contributed by atoms with Crippen molar-refractivity contribution in [3.63, 3.8) is 0 Å². The number of fused-ring (bicyclic) bond motifs is 1. The van der Waals surface area contributed by atoms with Crippen LogP contribution in [0.4, 0.5) is 17.6 Å². The van der Waals surface area contributed by atoms with Crippen LogP contribution in [0.2, 0.25) is 0 Å². The predicted octanol–water partition coefficient (Wildman–Crippen LogP) is 3.35. The number of alkyl halides is 3. The van der Waals surface area contributed by atoms with E-state index in [1.54, 1.807) is 24.0 Å². The van der Waals surface area contributed by atoms with Crippen LogP contribution in [0.1, 0.15) is 5.69 Å². The van der Waals surface area contributed by atoms with E-state index in [2.05, 4.69) is 20.2 Å². The van der Waals surface area contributed by atoms with E-state index < -0.39 is 17.7 Å². The standard InChI is InChI=1S/C16H10F4N6/c1-25-8-10(5-22-25)11-4-9(2-3-12(11)17)13-6-21-15-24-14(16(18,19)20)7-23-26(13)15/h2-8H,1H3. The fraction of sp³-hybridized carbons (Fsp3) is 0.125. The van der Waals surface area contributed by atoms with Gasteiger partial charge in [-0.3, -0.25) is 4.68 Å². The number of aromatic nitrogens is 6. The Morgan fingerprint density at radius 3 is 2.50 bits per heavy atom. The minimum atomic E-state index is -4.61. The fourth-order valence-corrected chi connectivity index (χ4v) is 2.57. The van der Waals surface area contributed by atoms with Crippen LogP contribution in [-0.2, 0) is 13.2 Å². The van der Waals surface area contributed by atoms with Crippen molar-refractivity contribution in [2.75, 3.05) is 0 Å². The van der Waals surface area contributed by atoms with E-state index in [1.165, 1.54) is 29.0 Å². The number of benzene rings is 1. The van der Waals surface area contributed by atoms with E-state index in [0.29, 0.717) is 28.6 Å². The van der Waals surface area contributed by atoms with E-state index in [4.69, 9.17) is 0 Å². The molecule has 4 aromatic rings. The van der Waals surface area contributed by atoms with Gasteiger partial charge in [-0.15, -0.1) is 0 Å². The number of imidazole rings is 1. The van der Waals surface area contributed by atoms with Crippen molar-refractivity contribution < 1.29 is 17.6 Å². The highest BCUT2D eigenvalue weighted by atomic mass is 19.4. The number of aryl methyl sites for hydroxylation is 1. The van der Waals surface area contributed by atoms with Crippen LogP contribution in [0, 0.1) is 5.82 Å². The molecule has 3 heterocycles. The molecule has 0 fully saturated rings. The molecule has 0 N–H and O–H groups in total. The highest BCUT2D eigenvalue weighted by Gasteiger charge is 2.33. The van der Waals surface area contributed by atoms with Crippen molar-refractivity contribution in [1.29, 1.82) is 0 Å². The van der Waals surface area contributed by atoms with Crippen molar-refractivity contribution in [3.8, 4) is 22.4 Å². The predicted molar refractivity (Wildman–Crippen MR) is 83.4 cm³/mol. The second-order valence-electron chi connectivity index (χ2n) is 5.59. The van der Waals surface area contributed by atoms with E-state index >= 15 is 0 Å². The van der Waals surface area contributed by atoms with Gasteiger partial charge < -0.3 is 0 Å². The van der Waals surface area contributed by atoms with Crippen LogP contribution in [0.25, 0.3) is 28.2 Å². The molecule has 0 atom stereocenters. The van der Waals surface area contributed by atoms with Gasteiger partial charge in [-0.2, -0.15) is 27.9 Å². The molecule has 0 unspecified atom stereocenters. The normalized spacial score (nSPS) is 12.0. The zero-order valence-electron chi connectivity index (χ0n) is 13.2. The zero-order chi connectivity index (χ0) is 18.5. The monoisotopic (exact) mass is 362 g/mol. The van der Waals surface area contributed by atoms with Gasteiger partial charge in [-0.25, -0.2) is 14.4 Å². The molecule has 132 valence electrons. The zero-order valence-corrected chi connectivity index (χ0v) is 13.2. The van der Waals surface area contributed by atoms with Gasteiger partial charge in [0.05, 0.1) is 24.3 Å². The van der Waals surface area contributed by atoms with E-state index in [1.807, 2.05) is 0 Å². The number of halogens is 4. The molecule has 0 aliphatic carbocycles. The lowest BCUT2D eigenvalue weighted by atomic mass is 10.0. The Kier molecular flexibility index (Phi) is 3.49. The molecular formula is C16H10F4N6. The molecule has 1 aromatic carbocycles. The van der Waals surface area contributed by atoms with Crippen molar-refractivity contribution in [1.82, 2.24) is 29.4 Å². The smallest absolute Gasteiger partial charge is 0.275 e. The van der Waals surface area contributed by atoms with Gasteiger partial charge >= 0.3 is 6.18 Å². The molecule has 0 saturated carbocycles. The molecule has 0 spiro atoms. The molecule has 0 radical (unpaired) electrons. The molecule has 3 aromatic heterocycles. The van der Waals surface area contributed by atoms with E-state index in [0.717, 1.165) is 0 Å². The number of nitrogens with zero attached hydrogens (tertiary/aromatic N) is 6. The van der Waals surface area contributed by atoms with Gasteiger partial charge in [-0.1, -0.05) is 0 Å². The molecule has 0 amide bonds. The lowest BCUT2D eigenvalue weighted by Crippen LogP contribution is -2.11. The summed E-state index contributed by atoms with van der Waals surface area (Å²) in [6, 6.07) is 4.34. The Balaban J connectivity index is 1.83. The van der Waals surface area contributed by atoms with Crippen LogP contribution >= 0.6 is 0 Å². The first-order valence-corrected chi connectivity index (χ1v) is 7.40. The SMILES string of the molecule is Cn1cc(-c2cc(-c3cnc4nc(C(F)(F)F)cnn34)ccc2F)cn1.